The zero-order valence-electron chi connectivity index (χ0n) is 10.1. The van der Waals surface area contributed by atoms with Gasteiger partial charge in [0.1, 0.15) is 0 Å². The van der Waals surface area contributed by atoms with Crippen molar-refractivity contribution in [3.8, 4) is 11.8 Å². The lowest BCUT2D eigenvalue weighted by Gasteiger charge is -2.05. The van der Waals surface area contributed by atoms with E-state index in [-0.39, 0.29) is 18.8 Å². The van der Waals surface area contributed by atoms with Gasteiger partial charge in [-0.3, -0.25) is 0 Å². The van der Waals surface area contributed by atoms with Crippen molar-refractivity contribution < 1.29 is 27.4 Å². The zero-order chi connectivity index (χ0) is 14.3. The monoisotopic (exact) mass is 272 g/mol. The van der Waals surface area contributed by atoms with Crippen LogP contribution in [0.25, 0.3) is 0 Å². The lowest BCUT2D eigenvalue weighted by molar-refractivity contribution is -0.137. The molecule has 0 heterocycles. The summed E-state index contributed by atoms with van der Waals surface area (Å²) < 4.78 is 46.3. The van der Waals surface area contributed by atoms with Crippen molar-refractivity contribution in [1.82, 2.24) is 0 Å². The fourth-order valence-electron chi connectivity index (χ4n) is 1.17. The summed E-state index contributed by atoms with van der Waals surface area (Å²) in [6.45, 7) is 1.56. The van der Waals surface area contributed by atoms with Gasteiger partial charge in [0.05, 0.1) is 12.2 Å². The van der Waals surface area contributed by atoms with Crippen molar-refractivity contribution in [1.29, 1.82) is 0 Å². The van der Waals surface area contributed by atoms with Crippen LogP contribution in [0.2, 0.25) is 0 Å². The Morgan fingerprint density at radius 1 is 1.32 bits per heavy atom. The van der Waals surface area contributed by atoms with Gasteiger partial charge in [-0.05, 0) is 25.1 Å². The van der Waals surface area contributed by atoms with E-state index in [9.17, 15) is 18.0 Å². The normalized spacial score (nSPS) is 10.3. The molecule has 0 aliphatic heterocycles. The molecule has 6 heteroatoms. The van der Waals surface area contributed by atoms with E-state index in [0.717, 1.165) is 12.1 Å². The number of benzene rings is 1. The van der Waals surface area contributed by atoms with Crippen LogP contribution in [0.3, 0.4) is 0 Å². The van der Waals surface area contributed by atoms with Gasteiger partial charge < -0.3 is 9.47 Å². The van der Waals surface area contributed by atoms with Crippen LogP contribution in [0, 0.1) is 11.8 Å². The first-order valence-corrected chi connectivity index (χ1v) is 5.39. The Morgan fingerprint density at radius 3 is 2.68 bits per heavy atom. The van der Waals surface area contributed by atoms with E-state index in [0.29, 0.717) is 0 Å². The molecule has 102 valence electrons. The Labute approximate surface area is 108 Å². The van der Waals surface area contributed by atoms with Crippen molar-refractivity contribution in [2.24, 2.45) is 0 Å². The van der Waals surface area contributed by atoms with Gasteiger partial charge in [-0.25, -0.2) is 4.79 Å². The first-order valence-electron chi connectivity index (χ1n) is 5.39. The maximum absolute atomic E-state index is 12.4. The molecule has 1 aromatic carbocycles. The molecule has 0 spiro atoms. The maximum atomic E-state index is 12.4. The highest BCUT2D eigenvalue weighted by atomic mass is 19.4. The van der Waals surface area contributed by atoms with Crippen LogP contribution in [0.5, 0.6) is 0 Å². The number of hydrogen-bond donors (Lipinski definition) is 0. The molecular formula is C13H11F3O3. The van der Waals surface area contributed by atoms with Crippen molar-refractivity contribution >= 4 is 6.16 Å². The summed E-state index contributed by atoms with van der Waals surface area (Å²) in [4.78, 5) is 10.8. The van der Waals surface area contributed by atoms with Crippen molar-refractivity contribution in [2.75, 3.05) is 13.2 Å². The molecule has 1 rings (SSSR count). The Bertz CT molecular complexity index is 498. The van der Waals surface area contributed by atoms with Crippen LogP contribution >= 0.6 is 0 Å². The second-order valence-electron chi connectivity index (χ2n) is 3.35. The average Bonchev–Trinajstić information content (AvgIpc) is 2.34. The van der Waals surface area contributed by atoms with E-state index in [1.54, 1.807) is 6.92 Å². The molecular weight excluding hydrogens is 261 g/mol. The molecule has 0 amide bonds. The topological polar surface area (TPSA) is 35.5 Å². The van der Waals surface area contributed by atoms with Gasteiger partial charge in [-0.2, -0.15) is 13.2 Å². The lowest BCUT2D eigenvalue weighted by atomic mass is 10.1. The second kappa shape index (κ2) is 6.69. The predicted molar refractivity (Wildman–Crippen MR) is 61.3 cm³/mol. The Balaban J connectivity index is 2.61. The molecule has 0 radical (unpaired) electrons. The second-order valence-corrected chi connectivity index (χ2v) is 3.35. The first-order chi connectivity index (χ1) is 8.93. The predicted octanol–water partition coefficient (Wildman–Crippen LogP) is 3.23. The van der Waals surface area contributed by atoms with E-state index in [1.165, 1.54) is 12.1 Å². The highest BCUT2D eigenvalue weighted by Crippen LogP contribution is 2.29. The molecule has 0 aromatic heterocycles. The highest BCUT2D eigenvalue weighted by molar-refractivity contribution is 5.60. The number of rotatable bonds is 2. The summed E-state index contributed by atoms with van der Waals surface area (Å²) >= 11 is 0. The Kier molecular flexibility index (Phi) is 5.24. The molecule has 19 heavy (non-hydrogen) atoms. The van der Waals surface area contributed by atoms with Crippen LogP contribution in [-0.4, -0.2) is 19.4 Å². The number of carbonyl (C=O) groups excluding carboxylic acids is 1. The van der Waals surface area contributed by atoms with Crippen molar-refractivity contribution in [3.05, 3.63) is 35.4 Å². The number of carbonyl (C=O) groups is 1. The van der Waals surface area contributed by atoms with Gasteiger partial charge in [0.2, 0.25) is 0 Å². The average molecular weight is 272 g/mol. The van der Waals surface area contributed by atoms with Gasteiger partial charge in [-0.1, -0.05) is 17.9 Å². The van der Waals surface area contributed by atoms with Gasteiger partial charge >= 0.3 is 12.3 Å². The highest BCUT2D eigenvalue weighted by Gasteiger charge is 2.30. The fourth-order valence-corrected chi connectivity index (χ4v) is 1.17. The van der Waals surface area contributed by atoms with Gasteiger partial charge in [0.25, 0.3) is 0 Å². The smallest absolute Gasteiger partial charge is 0.435 e. The van der Waals surface area contributed by atoms with Gasteiger partial charge in [-0.15, -0.1) is 0 Å². The largest absolute Gasteiger partial charge is 0.509 e. The quantitative estimate of drug-likeness (QED) is 0.612. The van der Waals surface area contributed by atoms with Gasteiger partial charge in [0, 0.05) is 5.56 Å². The number of alkyl halides is 3. The van der Waals surface area contributed by atoms with E-state index in [1.807, 2.05) is 0 Å². The van der Waals surface area contributed by atoms with E-state index < -0.39 is 17.9 Å². The SMILES string of the molecule is CCOC(=O)OCC#Cc1cccc(C(F)(F)F)c1. The summed E-state index contributed by atoms with van der Waals surface area (Å²) in [7, 11) is 0. The Hall–Kier alpha value is -2.16. The molecule has 0 atom stereocenters. The van der Waals surface area contributed by atoms with E-state index in [4.69, 9.17) is 0 Å². The molecule has 0 N–H and O–H groups in total. The van der Waals surface area contributed by atoms with Crippen molar-refractivity contribution in [3.63, 3.8) is 0 Å². The van der Waals surface area contributed by atoms with Gasteiger partial charge in [0.15, 0.2) is 6.61 Å². The first kappa shape index (κ1) is 14.9. The van der Waals surface area contributed by atoms with Crippen LogP contribution in [0.1, 0.15) is 18.1 Å². The molecule has 0 aliphatic carbocycles. The lowest BCUT2D eigenvalue weighted by Crippen LogP contribution is -2.07. The maximum Gasteiger partial charge on any atom is 0.509 e. The van der Waals surface area contributed by atoms with Crippen LogP contribution in [0.4, 0.5) is 18.0 Å². The molecule has 1 aromatic rings. The van der Waals surface area contributed by atoms with E-state index in [2.05, 4.69) is 21.3 Å². The molecule has 0 saturated carbocycles. The fraction of sp³-hybridized carbons (Fsp3) is 0.308. The van der Waals surface area contributed by atoms with Crippen molar-refractivity contribution in [2.45, 2.75) is 13.1 Å². The third-order valence-electron chi connectivity index (χ3n) is 1.95. The Morgan fingerprint density at radius 2 is 2.05 bits per heavy atom. The number of ether oxygens (including phenoxy) is 2. The minimum absolute atomic E-state index is 0.180. The summed E-state index contributed by atoms with van der Waals surface area (Å²) in [5.74, 6) is 4.90. The van der Waals surface area contributed by atoms with E-state index >= 15 is 0 Å². The summed E-state index contributed by atoms with van der Waals surface area (Å²) in [5.41, 5.74) is -0.576. The third kappa shape index (κ3) is 5.34. The minimum Gasteiger partial charge on any atom is -0.435 e. The molecule has 0 saturated heterocycles. The molecule has 3 nitrogen and oxygen atoms in total. The number of hydrogen-bond acceptors (Lipinski definition) is 3. The summed E-state index contributed by atoms with van der Waals surface area (Å²) in [5, 5.41) is 0. The molecule has 0 fully saturated rings. The van der Waals surface area contributed by atoms with Crippen LogP contribution in [0.15, 0.2) is 24.3 Å². The summed E-state index contributed by atoms with van der Waals surface area (Å²) in [6.07, 6.45) is -5.26. The minimum atomic E-state index is -4.40. The summed E-state index contributed by atoms with van der Waals surface area (Å²) in [6, 6.07) is 4.59. The molecule has 0 bridgehead atoms. The van der Waals surface area contributed by atoms with Crippen LogP contribution < -0.4 is 0 Å². The molecule has 0 aliphatic rings. The zero-order valence-corrected chi connectivity index (χ0v) is 10.1. The molecule has 0 unspecified atom stereocenters. The standard InChI is InChI=1S/C13H11F3O3/c1-2-18-12(17)19-8-4-6-10-5-3-7-11(9-10)13(14,15)16/h3,5,7,9H,2,8H2,1H3. The number of halogens is 3. The van der Waals surface area contributed by atoms with Crippen LogP contribution in [-0.2, 0) is 15.7 Å². The third-order valence-corrected chi connectivity index (χ3v) is 1.95.